The molecule has 0 spiro atoms. The third-order valence-electron chi connectivity index (χ3n) is 0.520. The molecule has 0 radical (unpaired) electrons. The maximum absolute atomic E-state index is 8.49. The molecule has 0 aromatic carbocycles. The van der Waals surface area contributed by atoms with Crippen molar-refractivity contribution < 1.29 is 10.2 Å². The van der Waals surface area contributed by atoms with Crippen LogP contribution in [0.25, 0.3) is 0 Å². The zero-order valence-corrected chi connectivity index (χ0v) is 4.33. The van der Waals surface area contributed by atoms with Gasteiger partial charge in [0.25, 0.3) is 0 Å². The lowest BCUT2D eigenvalue weighted by Crippen LogP contribution is -1.91. The summed E-state index contributed by atoms with van der Waals surface area (Å²) in [6.07, 6.45) is 2.59. The van der Waals surface area contributed by atoms with Gasteiger partial charge in [0.15, 0.2) is 0 Å². The molecule has 2 nitrogen and oxygen atoms in total. The van der Waals surface area contributed by atoms with Gasteiger partial charge >= 0.3 is 0 Å². The van der Waals surface area contributed by atoms with Crippen molar-refractivity contribution in [2.24, 2.45) is 0 Å². The molecule has 0 aromatic heterocycles. The third kappa shape index (κ3) is 5.66. The van der Waals surface area contributed by atoms with Crippen molar-refractivity contribution in [2.75, 3.05) is 6.61 Å². The van der Waals surface area contributed by atoms with E-state index < -0.39 is 6.10 Å². The molecular formula is C5H10O2. The summed E-state index contributed by atoms with van der Waals surface area (Å²) in [6.45, 7) is 1.64. The van der Waals surface area contributed by atoms with Crippen molar-refractivity contribution in [3.63, 3.8) is 0 Å². The van der Waals surface area contributed by atoms with Crippen LogP contribution in [0.2, 0.25) is 0 Å². The largest absolute Gasteiger partial charge is 0.392 e. The van der Waals surface area contributed by atoms with Crippen LogP contribution in [0, 0.1) is 0 Å². The van der Waals surface area contributed by atoms with Crippen LogP contribution >= 0.6 is 0 Å². The maximum atomic E-state index is 8.49. The van der Waals surface area contributed by atoms with E-state index in [1.165, 1.54) is 12.2 Å². The zero-order chi connectivity index (χ0) is 5.70. The van der Waals surface area contributed by atoms with E-state index >= 15 is 0 Å². The van der Waals surface area contributed by atoms with Gasteiger partial charge in [-0.3, -0.25) is 0 Å². The van der Waals surface area contributed by atoms with E-state index in [9.17, 15) is 0 Å². The molecule has 1 atom stereocenters. The van der Waals surface area contributed by atoms with Crippen LogP contribution in [0.15, 0.2) is 12.2 Å². The molecule has 0 aromatic rings. The second-order valence-corrected chi connectivity index (χ2v) is 1.35. The molecule has 7 heavy (non-hydrogen) atoms. The smallest absolute Gasteiger partial charge is 0.0693 e. The van der Waals surface area contributed by atoms with E-state index in [-0.39, 0.29) is 6.61 Å². The first-order chi connectivity index (χ1) is 3.27. The van der Waals surface area contributed by atoms with E-state index in [1.54, 1.807) is 6.92 Å². The van der Waals surface area contributed by atoms with Crippen molar-refractivity contribution in [3.8, 4) is 0 Å². The fourth-order valence-electron chi connectivity index (χ4n) is 0.258. The summed E-state index contributed by atoms with van der Waals surface area (Å²) in [5.74, 6) is 0. The van der Waals surface area contributed by atoms with Gasteiger partial charge in [-0.25, -0.2) is 0 Å². The van der Waals surface area contributed by atoms with Gasteiger partial charge in [-0.2, -0.15) is 0 Å². The minimum atomic E-state index is -0.438. The van der Waals surface area contributed by atoms with Crippen LogP contribution in [0.4, 0.5) is 0 Å². The number of hydrogen-bond acceptors (Lipinski definition) is 2. The van der Waals surface area contributed by atoms with Gasteiger partial charge in [0.2, 0.25) is 0 Å². The maximum Gasteiger partial charge on any atom is 0.0693 e. The van der Waals surface area contributed by atoms with E-state index in [0.717, 1.165) is 0 Å². The number of aliphatic hydroxyl groups excluding tert-OH is 2. The van der Waals surface area contributed by atoms with E-state index in [1.807, 2.05) is 0 Å². The molecule has 0 aliphatic heterocycles. The summed E-state index contributed by atoms with van der Waals surface area (Å²) >= 11 is 0. The Kier molecular flexibility index (Phi) is 3.65. The topological polar surface area (TPSA) is 40.5 Å². The predicted octanol–water partition coefficient (Wildman–Crippen LogP) is -0.0843. The Balaban J connectivity index is 3.08. The van der Waals surface area contributed by atoms with Crippen LogP contribution in [-0.2, 0) is 0 Å². The van der Waals surface area contributed by atoms with Crippen molar-refractivity contribution in [2.45, 2.75) is 13.0 Å². The molecule has 0 fully saturated rings. The molecule has 2 N–H and O–H groups in total. The van der Waals surface area contributed by atoms with Crippen molar-refractivity contribution >= 4 is 0 Å². The van der Waals surface area contributed by atoms with Crippen molar-refractivity contribution in [1.82, 2.24) is 0 Å². The monoisotopic (exact) mass is 102 g/mol. The van der Waals surface area contributed by atoms with Gasteiger partial charge in [0, 0.05) is 0 Å². The molecule has 42 valence electrons. The summed E-state index contributed by atoms with van der Waals surface area (Å²) in [5, 5.41) is 16.6. The Morgan fingerprint density at radius 1 is 1.71 bits per heavy atom. The highest BCUT2D eigenvalue weighted by Crippen LogP contribution is 1.79. The standard InChI is InChI=1S/C5H10O2/c1-5(7)3-2-4-6/h2-3,5-7H,4H2,1H3/b3-2+. The molecule has 0 amide bonds. The molecule has 2 heteroatoms. The highest BCUT2D eigenvalue weighted by atomic mass is 16.3. The molecule has 1 unspecified atom stereocenters. The fourth-order valence-corrected chi connectivity index (χ4v) is 0.258. The molecule has 0 aliphatic carbocycles. The lowest BCUT2D eigenvalue weighted by molar-refractivity contribution is 0.242. The van der Waals surface area contributed by atoms with Gasteiger partial charge in [0.05, 0.1) is 12.7 Å². The first-order valence-corrected chi connectivity index (χ1v) is 2.23. The Bertz CT molecular complexity index is 57.1. The van der Waals surface area contributed by atoms with Crippen LogP contribution in [-0.4, -0.2) is 22.9 Å². The molecule has 0 bridgehead atoms. The van der Waals surface area contributed by atoms with Crippen molar-refractivity contribution in [1.29, 1.82) is 0 Å². The number of rotatable bonds is 2. The van der Waals surface area contributed by atoms with Crippen LogP contribution in [0.5, 0.6) is 0 Å². The highest BCUT2D eigenvalue weighted by Gasteiger charge is 1.80. The summed E-state index contributed by atoms with van der Waals surface area (Å²) in [4.78, 5) is 0. The highest BCUT2D eigenvalue weighted by molar-refractivity contribution is 4.85. The Morgan fingerprint density at radius 3 is 2.43 bits per heavy atom. The minimum absolute atomic E-state index is 0.00486. The van der Waals surface area contributed by atoms with Gasteiger partial charge in [0.1, 0.15) is 0 Å². The normalized spacial score (nSPS) is 15.3. The zero-order valence-electron chi connectivity index (χ0n) is 4.33. The SMILES string of the molecule is CC(O)/C=C/CO. The van der Waals surface area contributed by atoms with E-state index in [2.05, 4.69) is 0 Å². The average Bonchev–Trinajstić information content (AvgIpc) is 1.61. The average molecular weight is 102 g/mol. The van der Waals surface area contributed by atoms with Gasteiger partial charge < -0.3 is 10.2 Å². The second-order valence-electron chi connectivity index (χ2n) is 1.35. The molecule has 0 aliphatic rings. The quantitative estimate of drug-likeness (QED) is 0.478. The first-order valence-electron chi connectivity index (χ1n) is 2.23. The fraction of sp³-hybridized carbons (Fsp3) is 0.600. The van der Waals surface area contributed by atoms with Crippen LogP contribution < -0.4 is 0 Å². The summed E-state index contributed by atoms with van der Waals surface area (Å²) in [6, 6.07) is 0. The second kappa shape index (κ2) is 3.84. The Morgan fingerprint density at radius 2 is 2.29 bits per heavy atom. The first kappa shape index (κ1) is 6.66. The van der Waals surface area contributed by atoms with Gasteiger partial charge in [-0.1, -0.05) is 12.2 Å². The molecular weight excluding hydrogens is 92.1 g/mol. The summed E-state index contributed by atoms with van der Waals surface area (Å²) < 4.78 is 0. The Hall–Kier alpha value is -0.340. The van der Waals surface area contributed by atoms with Crippen LogP contribution in [0.3, 0.4) is 0 Å². The van der Waals surface area contributed by atoms with Gasteiger partial charge in [-0.05, 0) is 6.92 Å². The number of hydrogen-bond donors (Lipinski definition) is 2. The van der Waals surface area contributed by atoms with E-state index in [4.69, 9.17) is 10.2 Å². The molecule has 0 rings (SSSR count). The minimum Gasteiger partial charge on any atom is -0.392 e. The number of aliphatic hydroxyl groups is 2. The molecule has 0 saturated carbocycles. The lowest BCUT2D eigenvalue weighted by atomic mass is 10.4. The van der Waals surface area contributed by atoms with Crippen molar-refractivity contribution in [3.05, 3.63) is 12.2 Å². The van der Waals surface area contributed by atoms with E-state index in [0.29, 0.717) is 0 Å². The summed E-state index contributed by atoms with van der Waals surface area (Å²) in [5.41, 5.74) is 0. The third-order valence-corrected chi connectivity index (χ3v) is 0.520. The van der Waals surface area contributed by atoms with Gasteiger partial charge in [-0.15, -0.1) is 0 Å². The van der Waals surface area contributed by atoms with Crippen LogP contribution in [0.1, 0.15) is 6.92 Å². The Labute approximate surface area is 43.1 Å². The lowest BCUT2D eigenvalue weighted by Gasteiger charge is -1.88. The summed E-state index contributed by atoms with van der Waals surface area (Å²) in [7, 11) is 0. The predicted molar refractivity (Wildman–Crippen MR) is 27.9 cm³/mol. The molecule has 0 heterocycles. The molecule has 0 saturated heterocycles.